The zero-order valence-corrected chi connectivity index (χ0v) is 17.8. The number of piperidine rings is 1. The van der Waals surface area contributed by atoms with E-state index >= 15 is 0 Å². The maximum Gasteiger partial charge on any atom is 0.243 e. The Hall–Kier alpha value is -1.22. The van der Waals surface area contributed by atoms with Gasteiger partial charge in [-0.2, -0.15) is 4.31 Å². The first kappa shape index (κ1) is 21.5. The molecule has 0 N–H and O–H groups in total. The molecule has 0 bridgehead atoms. The monoisotopic (exact) mass is 431 g/mol. The lowest BCUT2D eigenvalue weighted by Gasteiger charge is -2.38. The van der Waals surface area contributed by atoms with E-state index < -0.39 is 15.8 Å². The number of piperazine rings is 1. The van der Waals surface area contributed by atoms with Crippen molar-refractivity contribution in [3.05, 3.63) is 29.0 Å². The average Bonchev–Trinajstić information content (AvgIpc) is 2.63. The van der Waals surface area contributed by atoms with Crippen LogP contribution in [-0.2, 0) is 14.8 Å². The summed E-state index contributed by atoms with van der Waals surface area (Å²) in [5, 5.41) is -0.222. The molecule has 2 aliphatic rings. The Morgan fingerprint density at radius 3 is 2.32 bits per heavy atom. The summed E-state index contributed by atoms with van der Waals surface area (Å²) in [7, 11) is -3.76. The van der Waals surface area contributed by atoms with Gasteiger partial charge in [0.25, 0.3) is 0 Å². The standard InChI is InChI=1S/C19H27ClFN3O3S/c1-14-9-15(2)12-22(11-14)13-19(25)23-5-7-24(8-6-23)28(26,27)16-3-4-18(21)17(20)10-16/h3-4,10,14-15H,5-9,11-13H2,1-2H3. The molecule has 6 nitrogen and oxygen atoms in total. The molecule has 0 aliphatic carbocycles. The number of nitrogens with zero attached hydrogens (tertiary/aromatic N) is 3. The van der Waals surface area contributed by atoms with Gasteiger partial charge in [0.1, 0.15) is 5.82 Å². The van der Waals surface area contributed by atoms with Gasteiger partial charge in [-0.3, -0.25) is 9.69 Å². The van der Waals surface area contributed by atoms with Gasteiger partial charge in [0, 0.05) is 39.3 Å². The van der Waals surface area contributed by atoms with Crippen LogP contribution in [0, 0.1) is 17.7 Å². The molecule has 0 aromatic heterocycles. The number of benzene rings is 1. The molecule has 1 aromatic rings. The highest BCUT2D eigenvalue weighted by Crippen LogP contribution is 2.24. The van der Waals surface area contributed by atoms with E-state index in [0.717, 1.165) is 25.2 Å². The molecule has 156 valence electrons. The summed E-state index contributed by atoms with van der Waals surface area (Å²) in [5.41, 5.74) is 0. The van der Waals surface area contributed by atoms with Crippen molar-refractivity contribution in [2.75, 3.05) is 45.8 Å². The zero-order chi connectivity index (χ0) is 20.5. The molecule has 2 heterocycles. The topological polar surface area (TPSA) is 60.9 Å². The molecule has 9 heteroatoms. The van der Waals surface area contributed by atoms with E-state index in [-0.39, 0.29) is 28.9 Å². The molecule has 1 amide bonds. The Bertz CT molecular complexity index is 818. The predicted octanol–water partition coefficient (Wildman–Crippen LogP) is 2.29. The minimum atomic E-state index is -3.76. The summed E-state index contributed by atoms with van der Waals surface area (Å²) < 4.78 is 40.1. The Morgan fingerprint density at radius 1 is 1.14 bits per heavy atom. The number of likely N-dealkylation sites (tertiary alicyclic amines) is 1. The van der Waals surface area contributed by atoms with Crippen LogP contribution in [0.4, 0.5) is 4.39 Å². The highest BCUT2D eigenvalue weighted by molar-refractivity contribution is 7.89. The summed E-state index contributed by atoms with van der Waals surface area (Å²) in [5.74, 6) is 0.558. The number of hydrogen-bond donors (Lipinski definition) is 0. The lowest BCUT2D eigenvalue weighted by atomic mass is 9.92. The highest BCUT2D eigenvalue weighted by Gasteiger charge is 2.31. The van der Waals surface area contributed by atoms with Crippen molar-refractivity contribution in [1.29, 1.82) is 0 Å². The Labute approximate surface area is 171 Å². The second kappa shape index (κ2) is 8.65. The van der Waals surface area contributed by atoms with E-state index in [1.54, 1.807) is 4.90 Å². The van der Waals surface area contributed by atoms with Gasteiger partial charge in [0.15, 0.2) is 0 Å². The summed E-state index contributed by atoms with van der Waals surface area (Å²) in [6.45, 7) is 7.79. The van der Waals surface area contributed by atoms with Crippen LogP contribution in [0.1, 0.15) is 20.3 Å². The van der Waals surface area contributed by atoms with E-state index in [2.05, 4.69) is 18.7 Å². The summed E-state index contributed by atoms with van der Waals surface area (Å²) in [6.07, 6.45) is 1.19. The summed E-state index contributed by atoms with van der Waals surface area (Å²) in [6, 6.07) is 3.39. The Morgan fingerprint density at radius 2 is 1.75 bits per heavy atom. The molecule has 2 fully saturated rings. The molecule has 0 spiro atoms. The second-order valence-corrected chi connectivity index (χ2v) is 10.3. The number of amides is 1. The first-order chi connectivity index (χ1) is 13.2. The van der Waals surface area contributed by atoms with Gasteiger partial charge >= 0.3 is 0 Å². The molecular weight excluding hydrogens is 405 g/mol. The largest absolute Gasteiger partial charge is 0.339 e. The van der Waals surface area contributed by atoms with Crippen molar-refractivity contribution in [1.82, 2.24) is 14.1 Å². The number of carbonyl (C=O) groups excluding carboxylic acids is 1. The van der Waals surface area contributed by atoms with Crippen molar-refractivity contribution in [3.63, 3.8) is 0 Å². The first-order valence-electron chi connectivity index (χ1n) is 9.62. The van der Waals surface area contributed by atoms with E-state index in [1.165, 1.54) is 16.8 Å². The summed E-state index contributed by atoms with van der Waals surface area (Å²) >= 11 is 5.72. The van der Waals surface area contributed by atoms with Gasteiger partial charge in [-0.1, -0.05) is 25.4 Å². The number of rotatable bonds is 4. The van der Waals surface area contributed by atoms with Crippen molar-refractivity contribution in [2.24, 2.45) is 11.8 Å². The third-order valence-electron chi connectivity index (χ3n) is 5.42. The van der Waals surface area contributed by atoms with Crippen molar-refractivity contribution in [3.8, 4) is 0 Å². The molecule has 1 aromatic carbocycles. The molecular formula is C19H27ClFN3O3S. The van der Waals surface area contributed by atoms with Crippen molar-refractivity contribution >= 4 is 27.5 Å². The van der Waals surface area contributed by atoms with Crippen LogP contribution in [0.5, 0.6) is 0 Å². The van der Waals surface area contributed by atoms with Crippen LogP contribution < -0.4 is 0 Å². The van der Waals surface area contributed by atoms with Gasteiger partial charge in [-0.25, -0.2) is 12.8 Å². The van der Waals surface area contributed by atoms with E-state index in [4.69, 9.17) is 11.6 Å². The molecule has 0 radical (unpaired) electrons. The van der Waals surface area contributed by atoms with Crippen LogP contribution in [0.25, 0.3) is 0 Å². The van der Waals surface area contributed by atoms with Gasteiger partial charge in [-0.15, -0.1) is 0 Å². The van der Waals surface area contributed by atoms with Gasteiger partial charge in [0.2, 0.25) is 15.9 Å². The molecule has 2 atom stereocenters. The van der Waals surface area contributed by atoms with Crippen LogP contribution in [0.3, 0.4) is 0 Å². The minimum absolute atomic E-state index is 0.0324. The average molecular weight is 432 g/mol. The lowest BCUT2D eigenvalue weighted by molar-refractivity contribution is -0.134. The van der Waals surface area contributed by atoms with Crippen molar-refractivity contribution in [2.45, 2.75) is 25.2 Å². The Kier molecular flexibility index (Phi) is 6.64. The van der Waals surface area contributed by atoms with E-state index in [9.17, 15) is 17.6 Å². The summed E-state index contributed by atoms with van der Waals surface area (Å²) in [4.78, 5) is 16.5. The third-order valence-corrected chi connectivity index (χ3v) is 7.61. The lowest BCUT2D eigenvalue weighted by Crippen LogP contribution is -2.53. The number of hydrogen-bond acceptors (Lipinski definition) is 4. The molecule has 2 saturated heterocycles. The number of carbonyl (C=O) groups is 1. The fourth-order valence-corrected chi connectivity index (χ4v) is 5.87. The molecule has 2 unspecified atom stereocenters. The van der Waals surface area contributed by atoms with Gasteiger partial charge in [0.05, 0.1) is 16.5 Å². The molecule has 3 rings (SSSR count). The highest BCUT2D eigenvalue weighted by atomic mass is 35.5. The predicted molar refractivity (Wildman–Crippen MR) is 106 cm³/mol. The maximum atomic E-state index is 13.3. The second-order valence-electron chi connectivity index (χ2n) is 8.00. The van der Waals surface area contributed by atoms with E-state index in [1.807, 2.05) is 0 Å². The first-order valence-corrected chi connectivity index (χ1v) is 11.4. The van der Waals surface area contributed by atoms with E-state index in [0.29, 0.717) is 31.5 Å². The quantitative estimate of drug-likeness (QED) is 0.733. The van der Waals surface area contributed by atoms with Crippen LogP contribution >= 0.6 is 11.6 Å². The fourth-order valence-electron chi connectivity index (χ4n) is 4.18. The normalized spacial score (nSPS) is 25.1. The van der Waals surface area contributed by atoms with Crippen LogP contribution in [0.2, 0.25) is 5.02 Å². The van der Waals surface area contributed by atoms with Gasteiger partial charge < -0.3 is 4.90 Å². The third kappa shape index (κ3) is 4.84. The fraction of sp³-hybridized carbons (Fsp3) is 0.632. The zero-order valence-electron chi connectivity index (χ0n) is 16.3. The van der Waals surface area contributed by atoms with Crippen LogP contribution in [-0.4, -0.2) is 74.2 Å². The number of halogens is 2. The van der Waals surface area contributed by atoms with Crippen LogP contribution in [0.15, 0.2) is 23.1 Å². The number of sulfonamides is 1. The smallest absolute Gasteiger partial charge is 0.243 e. The molecule has 28 heavy (non-hydrogen) atoms. The Balaban J connectivity index is 1.57. The maximum absolute atomic E-state index is 13.3. The molecule has 2 aliphatic heterocycles. The molecule has 0 saturated carbocycles. The SMILES string of the molecule is CC1CC(C)CN(CC(=O)N2CCN(S(=O)(=O)c3ccc(F)c(Cl)c3)CC2)C1. The minimum Gasteiger partial charge on any atom is -0.339 e. The van der Waals surface area contributed by atoms with Crippen molar-refractivity contribution < 1.29 is 17.6 Å². The van der Waals surface area contributed by atoms with Gasteiger partial charge in [-0.05, 0) is 36.5 Å².